The molecule has 3 heterocycles. The Morgan fingerprint density at radius 3 is 1.57 bits per heavy atom. The first-order valence-electron chi connectivity index (χ1n) is 15.8. The molecular weight excluding hydrogens is 498 g/mol. The lowest BCUT2D eigenvalue weighted by molar-refractivity contribution is 0.245. The molecule has 0 spiro atoms. The third-order valence-corrected chi connectivity index (χ3v) is 9.20. The Kier molecular flexibility index (Phi) is 10.7. The minimum absolute atomic E-state index is 0.0753. The molecule has 9 heteroatoms. The normalized spacial score (nSPS) is 23.1. The van der Waals surface area contributed by atoms with E-state index in [1.807, 2.05) is 0 Å². The van der Waals surface area contributed by atoms with Crippen LogP contribution in [0.3, 0.4) is 0 Å². The Morgan fingerprint density at radius 2 is 1.23 bits per heavy atom. The highest BCUT2D eigenvalue weighted by atomic mass is 15.4. The summed E-state index contributed by atoms with van der Waals surface area (Å²) in [5, 5.41) is 10.8. The Hall–Kier alpha value is -1.71. The van der Waals surface area contributed by atoms with Crippen LogP contribution in [0.4, 0.5) is 17.8 Å². The van der Waals surface area contributed by atoms with Gasteiger partial charge in [0.1, 0.15) is 0 Å². The molecule has 0 aromatic carbocycles. The Balaban J connectivity index is 2.13. The molecule has 5 N–H and O–H groups in total. The molecule has 0 bridgehead atoms. The molecule has 0 amide bonds. The van der Waals surface area contributed by atoms with E-state index >= 15 is 0 Å². The Labute approximate surface area is 245 Å². The van der Waals surface area contributed by atoms with Crippen molar-refractivity contribution in [2.24, 2.45) is 16.6 Å². The molecule has 40 heavy (non-hydrogen) atoms. The second kappa shape index (κ2) is 13.1. The smallest absolute Gasteiger partial charge is 0.232 e. The monoisotopic (exact) mass is 560 g/mol. The van der Waals surface area contributed by atoms with E-state index in [0.717, 1.165) is 76.6 Å². The van der Waals surface area contributed by atoms with Crippen molar-refractivity contribution in [3.8, 4) is 0 Å². The first-order chi connectivity index (χ1) is 18.6. The van der Waals surface area contributed by atoms with Crippen molar-refractivity contribution < 1.29 is 0 Å². The fraction of sp³-hybridized carbons (Fsp3) is 0.903. The van der Waals surface area contributed by atoms with Gasteiger partial charge >= 0.3 is 0 Å². The number of nitrogens with two attached hydrogens (primary N) is 1. The Morgan fingerprint density at radius 1 is 0.800 bits per heavy atom. The quantitative estimate of drug-likeness (QED) is 0.271. The lowest BCUT2D eigenvalue weighted by Gasteiger charge is -2.46. The van der Waals surface area contributed by atoms with Crippen LogP contribution in [0, 0.1) is 10.8 Å². The maximum atomic E-state index is 5.90. The number of hydrogen-bond donors (Lipinski definition) is 4. The number of aromatic nitrogens is 3. The summed E-state index contributed by atoms with van der Waals surface area (Å²) in [7, 11) is 0. The van der Waals surface area contributed by atoms with E-state index in [1.165, 1.54) is 0 Å². The maximum Gasteiger partial charge on any atom is 0.232 e. The molecule has 1 aromatic heterocycles. The summed E-state index contributed by atoms with van der Waals surface area (Å²) >= 11 is 0. The van der Waals surface area contributed by atoms with E-state index < -0.39 is 0 Å². The fourth-order valence-corrected chi connectivity index (χ4v) is 5.96. The highest BCUT2D eigenvalue weighted by molar-refractivity contribution is 5.47. The average molecular weight is 560 g/mol. The summed E-state index contributed by atoms with van der Waals surface area (Å²) in [6, 6.07) is 0.719. The Bertz CT molecular complexity index is 874. The van der Waals surface area contributed by atoms with Crippen molar-refractivity contribution in [1.82, 2.24) is 25.6 Å². The van der Waals surface area contributed by atoms with Crippen LogP contribution in [-0.4, -0.2) is 77.4 Å². The fourth-order valence-electron chi connectivity index (χ4n) is 5.96. The molecule has 230 valence electrons. The molecule has 1 aromatic rings. The van der Waals surface area contributed by atoms with Gasteiger partial charge in [-0.1, -0.05) is 41.5 Å². The molecule has 3 rings (SSSR count). The number of rotatable bonds is 13. The van der Waals surface area contributed by atoms with Gasteiger partial charge in [-0.25, -0.2) is 0 Å². The van der Waals surface area contributed by atoms with Crippen LogP contribution >= 0.6 is 0 Å². The lowest BCUT2D eigenvalue weighted by atomic mass is 9.85. The second-order valence-electron chi connectivity index (χ2n) is 15.2. The molecule has 0 radical (unpaired) electrons. The average Bonchev–Trinajstić information content (AvgIpc) is 2.88. The summed E-state index contributed by atoms with van der Waals surface area (Å²) in [6.07, 6.45) is 6.43. The van der Waals surface area contributed by atoms with Crippen molar-refractivity contribution >= 4 is 17.8 Å². The zero-order valence-corrected chi connectivity index (χ0v) is 27.5. The van der Waals surface area contributed by atoms with Gasteiger partial charge in [0.05, 0.1) is 0 Å². The predicted molar refractivity (Wildman–Crippen MR) is 170 cm³/mol. The molecule has 2 fully saturated rings. The highest BCUT2D eigenvalue weighted by Gasteiger charge is 2.38. The van der Waals surface area contributed by atoms with Gasteiger partial charge in [-0.2, -0.15) is 15.0 Å². The van der Waals surface area contributed by atoms with E-state index in [4.69, 9.17) is 20.7 Å². The van der Waals surface area contributed by atoms with Gasteiger partial charge in [0, 0.05) is 49.3 Å². The second-order valence-corrected chi connectivity index (χ2v) is 15.2. The van der Waals surface area contributed by atoms with Crippen LogP contribution in [0.15, 0.2) is 0 Å². The third-order valence-electron chi connectivity index (χ3n) is 9.20. The lowest BCUT2D eigenvalue weighted by Crippen LogP contribution is -2.56. The molecule has 2 atom stereocenters. The van der Waals surface area contributed by atoms with Gasteiger partial charge < -0.3 is 31.5 Å². The first-order valence-corrected chi connectivity index (χ1v) is 15.8. The van der Waals surface area contributed by atoms with Crippen molar-refractivity contribution in [2.45, 2.75) is 131 Å². The minimum Gasteiger partial charge on any atom is -0.353 e. The van der Waals surface area contributed by atoms with Crippen LogP contribution in [0.2, 0.25) is 0 Å². The van der Waals surface area contributed by atoms with Crippen molar-refractivity contribution in [1.29, 1.82) is 0 Å². The summed E-state index contributed by atoms with van der Waals surface area (Å²) in [5.74, 6) is 2.22. The van der Waals surface area contributed by atoms with Crippen LogP contribution in [0.5, 0.6) is 0 Å². The largest absolute Gasteiger partial charge is 0.353 e. The molecule has 2 saturated heterocycles. The number of hydrogen-bond acceptors (Lipinski definition) is 9. The molecule has 2 aliphatic rings. The van der Waals surface area contributed by atoms with Gasteiger partial charge in [-0.05, 0) is 90.1 Å². The van der Waals surface area contributed by atoms with E-state index in [1.54, 1.807) is 0 Å². The van der Waals surface area contributed by atoms with E-state index in [2.05, 4.69) is 95.0 Å². The summed E-state index contributed by atoms with van der Waals surface area (Å²) < 4.78 is 0. The van der Waals surface area contributed by atoms with Gasteiger partial charge in [0.2, 0.25) is 17.8 Å². The van der Waals surface area contributed by atoms with Crippen molar-refractivity contribution in [2.75, 3.05) is 54.4 Å². The number of nitrogens with one attached hydrogen (secondary N) is 3. The van der Waals surface area contributed by atoms with Gasteiger partial charge in [-0.3, -0.25) is 0 Å². The van der Waals surface area contributed by atoms with Gasteiger partial charge in [-0.15, -0.1) is 0 Å². The van der Waals surface area contributed by atoms with Crippen molar-refractivity contribution in [3.05, 3.63) is 0 Å². The van der Waals surface area contributed by atoms with Gasteiger partial charge in [0.15, 0.2) is 0 Å². The van der Waals surface area contributed by atoms with Crippen LogP contribution in [0.25, 0.3) is 0 Å². The molecule has 0 aliphatic carbocycles. The van der Waals surface area contributed by atoms with Crippen LogP contribution in [0.1, 0.15) is 108 Å². The van der Waals surface area contributed by atoms with E-state index in [0.29, 0.717) is 31.1 Å². The SMILES string of the molecule is CCC(C)(C)CN(c1nc(NCCN)nc(N(CC(C)(C)CC)C2CCNC(C)(C)C2)n1)C1CCNC(C)(C)C1. The van der Waals surface area contributed by atoms with E-state index in [-0.39, 0.29) is 21.9 Å². The highest BCUT2D eigenvalue weighted by Crippen LogP contribution is 2.34. The molecule has 0 saturated carbocycles. The summed E-state index contributed by atoms with van der Waals surface area (Å²) in [4.78, 5) is 20.5. The zero-order chi connectivity index (χ0) is 29.8. The molecular formula is C31H61N9. The third kappa shape index (κ3) is 9.15. The molecule has 2 unspecified atom stereocenters. The van der Waals surface area contributed by atoms with Crippen molar-refractivity contribution in [3.63, 3.8) is 0 Å². The predicted octanol–water partition coefficient (Wildman–Crippen LogP) is 4.79. The van der Waals surface area contributed by atoms with Gasteiger partial charge in [0.25, 0.3) is 0 Å². The first kappa shape index (κ1) is 32.8. The minimum atomic E-state index is 0.0753. The van der Waals surface area contributed by atoms with E-state index in [9.17, 15) is 0 Å². The number of anilines is 3. The maximum absolute atomic E-state index is 5.90. The zero-order valence-electron chi connectivity index (χ0n) is 27.5. The number of piperidine rings is 2. The van der Waals surface area contributed by atoms with Crippen LogP contribution in [-0.2, 0) is 0 Å². The standard InChI is InChI=1S/C31H61N9/c1-11-28(3,4)21-39(23-13-16-34-30(7,8)19-23)26-36-25(33-18-15-32)37-27(38-26)40(22-29(5,6)12-2)24-14-17-35-31(9,10)20-24/h23-24,34-35H,11-22,32H2,1-10H3,(H,33,36,37,38). The molecule has 2 aliphatic heterocycles. The van der Waals surface area contributed by atoms with Crippen LogP contribution < -0.4 is 31.5 Å². The molecule has 9 nitrogen and oxygen atoms in total. The topological polar surface area (TPSA) is 107 Å². The summed E-state index contributed by atoms with van der Waals surface area (Å²) in [5.41, 5.74) is 6.32. The summed E-state index contributed by atoms with van der Waals surface area (Å²) in [6.45, 7) is 28.2. The number of nitrogens with zero attached hydrogens (tertiary/aromatic N) is 5.